The fourth-order valence-electron chi connectivity index (χ4n) is 2.27. The number of carbonyl (C=O) groups excluding carboxylic acids is 3. The number of ether oxygens (including phenoxy) is 1. The van der Waals surface area contributed by atoms with Crippen LogP contribution >= 0.6 is 0 Å². The van der Waals surface area contributed by atoms with E-state index in [4.69, 9.17) is 9.15 Å². The zero-order valence-electron chi connectivity index (χ0n) is 12.5. The molecule has 7 heteroatoms. The Kier molecular flexibility index (Phi) is 4.02. The summed E-state index contributed by atoms with van der Waals surface area (Å²) in [7, 11) is 0. The van der Waals surface area contributed by atoms with Crippen molar-refractivity contribution >= 4 is 17.9 Å². The van der Waals surface area contributed by atoms with E-state index in [1.54, 1.807) is 20.8 Å². The lowest BCUT2D eigenvalue weighted by molar-refractivity contribution is -0.136. The maximum absolute atomic E-state index is 12.2. The van der Waals surface area contributed by atoms with Gasteiger partial charge in [0.15, 0.2) is 6.10 Å². The molecule has 0 aromatic carbocycles. The minimum atomic E-state index is -1.03. The summed E-state index contributed by atoms with van der Waals surface area (Å²) < 4.78 is 10.5. The van der Waals surface area contributed by atoms with Crippen LogP contribution in [0.3, 0.4) is 0 Å². The molecule has 21 heavy (non-hydrogen) atoms. The monoisotopic (exact) mass is 294 g/mol. The Morgan fingerprint density at radius 3 is 2.43 bits per heavy atom. The van der Waals surface area contributed by atoms with E-state index >= 15 is 0 Å². The van der Waals surface area contributed by atoms with E-state index in [1.165, 1.54) is 6.92 Å². The van der Waals surface area contributed by atoms with Gasteiger partial charge in [-0.1, -0.05) is 0 Å². The maximum Gasteiger partial charge on any atom is 0.342 e. The van der Waals surface area contributed by atoms with E-state index in [9.17, 15) is 14.4 Å². The molecule has 1 N–H and O–H groups in total. The lowest BCUT2D eigenvalue weighted by atomic mass is 10.1. The lowest BCUT2D eigenvalue weighted by Gasteiger charge is -2.18. The Bertz CT molecular complexity index is 605. The van der Waals surface area contributed by atoms with Crippen molar-refractivity contribution in [3.63, 3.8) is 0 Å². The number of esters is 1. The molecule has 1 fully saturated rings. The zero-order valence-corrected chi connectivity index (χ0v) is 12.5. The van der Waals surface area contributed by atoms with Gasteiger partial charge in [0.05, 0.1) is 0 Å². The Balaban J connectivity index is 2.08. The quantitative estimate of drug-likeness (QED) is 0.849. The first kappa shape index (κ1) is 15.1. The lowest BCUT2D eigenvalue weighted by Crippen LogP contribution is -2.41. The number of amides is 3. The molecule has 7 nitrogen and oxygen atoms in total. The van der Waals surface area contributed by atoms with Crippen LogP contribution in [0.4, 0.5) is 4.79 Å². The molecule has 0 radical (unpaired) electrons. The standard InChI is InChI=1S/C14H18N2O5/c1-7-8(2)20-9(3)11(7)13(18)21-10(4)12(17)16-6-5-15-14(16)19/h10H,5-6H2,1-4H3,(H,15,19)/t10-/m1/s1. The molecule has 2 heterocycles. The third-order valence-electron chi connectivity index (χ3n) is 3.52. The van der Waals surface area contributed by atoms with Crippen LogP contribution in [0.2, 0.25) is 0 Å². The summed E-state index contributed by atoms with van der Waals surface area (Å²) in [5.41, 5.74) is 1.02. The molecule has 3 amide bonds. The van der Waals surface area contributed by atoms with Gasteiger partial charge in [-0.3, -0.25) is 9.69 Å². The Morgan fingerprint density at radius 1 is 1.29 bits per heavy atom. The van der Waals surface area contributed by atoms with E-state index < -0.39 is 24.0 Å². The Labute approximate surface area is 122 Å². The van der Waals surface area contributed by atoms with Crippen LogP contribution in [-0.2, 0) is 9.53 Å². The van der Waals surface area contributed by atoms with Crippen LogP contribution < -0.4 is 5.32 Å². The van der Waals surface area contributed by atoms with Crippen LogP contribution in [0.5, 0.6) is 0 Å². The Morgan fingerprint density at radius 2 is 1.95 bits per heavy atom. The molecular weight excluding hydrogens is 276 g/mol. The van der Waals surface area contributed by atoms with Crippen LogP contribution in [0.1, 0.15) is 34.4 Å². The topological polar surface area (TPSA) is 88.8 Å². The highest BCUT2D eigenvalue weighted by Crippen LogP contribution is 2.22. The maximum atomic E-state index is 12.2. The summed E-state index contributed by atoms with van der Waals surface area (Å²) in [5, 5.41) is 2.52. The molecular formula is C14H18N2O5. The van der Waals surface area contributed by atoms with Crippen LogP contribution in [-0.4, -0.2) is 42.0 Å². The van der Waals surface area contributed by atoms with Gasteiger partial charge in [-0.25, -0.2) is 9.59 Å². The van der Waals surface area contributed by atoms with Crippen molar-refractivity contribution in [2.45, 2.75) is 33.8 Å². The number of carbonyl (C=O) groups is 3. The normalized spacial score (nSPS) is 15.8. The molecule has 1 aliphatic rings. The van der Waals surface area contributed by atoms with Crippen LogP contribution in [0, 0.1) is 20.8 Å². The number of hydrogen-bond donors (Lipinski definition) is 1. The third kappa shape index (κ3) is 2.76. The van der Waals surface area contributed by atoms with Crippen molar-refractivity contribution in [1.29, 1.82) is 0 Å². The largest absolute Gasteiger partial charge is 0.465 e. The molecule has 114 valence electrons. The van der Waals surface area contributed by atoms with Gasteiger partial charge < -0.3 is 14.5 Å². The first-order valence-electron chi connectivity index (χ1n) is 6.69. The number of nitrogens with zero attached hydrogens (tertiary/aromatic N) is 1. The molecule has 1 atom stereocenters. The van der Waals surface area contributed by atoms with Gasteiger partial charge in [-0.05, 0) is 27.7 Å². The molecule has 1 saturated heterocycles. The molecule has 2 rings (SSSR count). The number of furan rings is 1. The molecule has 0 unspecified atom stereocenters. The summed E-state index contributed by atoms with van der Waals surface area (Å²) in [5.74, 6) is -0.0675. The smallest absolute Gasteiger partial charge is 0.342 e. The average Bonchev–Trinajstić information content (AvgIpc) is 2.93. The molecule has 0 spiro atoms. The van der Waals surface area contributed by atoms with E-state index in [0.717, 1.165) is 4.90 Å². The van der Waals surface area contributed by atoms with Gasteiger partial charge in [0.1, 0.15) is 17.1 Å². The molecule has 0 saturated carbocycles. The van der Waals surface area contributed by atoms with Crippen molar-refractivity contribution in [2.24, 2.45) is 0 Å². The second-order valence-electron chi connectivity index (χ2n) is 4.98. The first-order valence-corrected chi connectivity index (χ1v) is 6.69. The van der Waals surface area contributed by atoms with Crippen LogP contribution in [0.15, 0.2) is 4.42 Å². The molecule has 1 aromatic rings. The zero-order chi connectivity index (χ0) is 15.7. The number of imide groups is 1. The third-order valence-corrected chi connectivity index (χ3v) is 3.52. The van der Waals surface area contributed by atoms with Gasteiger partial charge >= 0.3 is 12.0 Å². The SMILES string of the molecule is Cc1oc(C)c(C(=O)O[C@H](C)C(=O)N2CCNC2=O)c1C. The minimum absolute atomic E-state index is 0.280. The van der Waals surface area contributed by atoms with Crippen molar-refractivity contribution < 1.29 is 23.5 Å². The van der Waals surface area contributed by atoms with E-state index in [1.807, 2.05) is 0 Å². The highest BCUT2D eigenvalue weighted by atomic mass is 16.5. The van der Waals surface area contributed by atoms with Gasteiger partial charge in [0.2, 0.25) is 0 Å². The van der Waals surface area contributed by atoms with E-state index in [2.05, 4.69) is 5.32 Å². The van der Waals surface area contributed by atoms with Gasteiger partial charge in [-0.2, -0.15) is 0 Å². The predicted octanol–water partition coefficient (Wildman–Crippen LogP) is 1.30. The number of urea groups is 1. The molecule has 0 aliphatic carbocycles. The summed E-state index contributed by atoms with van der Waals surface area (Å²) in [6.07, 6.45) is -1.03. The fraction of sp³-hybridized carbons (Fsp3) is 0.500. The van der Waals surface area contributed by atoms with Gasteiger partial charge in [-0.15, -0.1) is 0 Å². The number of rotatable bonds is 3. The van der Waals surface area contributed by atoms with Crippen molar-refractivity contribution in [3.05, 3.63) is 22.6 Å². The van der Waals surface area contributed by atoms with Crippen molar-refractivity contribution in [2.75, 3.05) is 13.1 Å². The second kappa shape index (κ2) is 5.59. The summed E-state index contributed by atoms with van der Waals surface area (Å²) in [6.45, 7) is 7.30. The molecule has 0 bridgehead atoms. The van der Waals surface area contributed by atoms with Crippen LogP contribution in [0.25, 0.3) is 0 Å². The number of nitrogens with one attached hydrogen (secondary N) is 1. The summed E-state index contributed by atoms with van der Waals surface area (Å²) in [6, 6.07) is -0.464. The van der Waals surface area contributed by atoms with E-state index in [-0.39, 0.29) is 6.54 Å². The fourth-order valence-corrected chi connectivity index (χ4v) is 2.27. The number of aryl methyl sites for hydroxylation is 2. The summed E-state index contributed by atoms with van der Waals surface area (Å²) in [4.78, 5) is 36.7. The second-order valence-corrected chi connectivity index (χ2v) is 4.98. The number of hydrogen-bond acceptors (Lipinski definition) is 5. The minimum Gasteiger partial charge on any atom is -0.465 e. The first-order chi connectivity index (χ1) is 9.82. The predicted molar refractivity (Wildman–Crippen MR) is 72.9 cm³/mol. The highest BCUT2D eigenvalue weighted by Gasteiger charge is 2.32. The molecule has 1 aromatic heterocycles. The molecule has 1 aliphatic heterocycles. The highest BCUT2D eigenvalue weighted by molar-refractivity contribution is 6.00. The van der Waals surface area contributed by atoms with E-state index in [0.29, 0.717) is 29.2 Å². The summed E-state index contributed by atoms with van der Waals surface area (Å²) >= 11 is 0. The van der Waals surface area contributed by atoms with Crippen molar-refractivity contribution in [3.8, 4) is 0 Å². The van der Waals surface area contributed by atoms with Crippen molar-refractivity contribution in [1.82, 2.24) is 10.2 Å². The Hall–Kier alpha value is -2.31. The van der Waals surface area contributed by atoms with Gasteiger partial charge in [0, 0.05) is 18.7 Å². The average molecular weight is 294 g/mol. The van der Waals surface area contributed by atoms with Gasteiger partial charge in [0.25, 0.3) is 5.91 Å².